The molecule has 1 heterocycles. The van der Waals surface area contributed by atoms with Crippen LogP contribution in [0.3, 0.4) is 0 Å². The first-order valence-electron chi connectivity index (χ1n) is 9.63. The molecule has 4 aromatic rings. The number of hydrogen-bond acceptors (Lipinski definition) is 2. The Hall–Kier alpha value is -2.96. The van der Waals surface area contributed by atoms with Crippen molar-refractivity contribution in [3.8, 4) is 22.6 Å². The number of ether oxygens (including phenoxy) is 1. The number of nitrogens with zero attached hydrogens (tertiary/aromatic N) is 2. The minimum absolute atomic E-state index is 0.158. The molecule has 0 amide bonds. The van der Waals surface area contributed by atoms with Gasteiger partial charge in [-0.15, -0.1) is 0 Å². The standard InChI is InChI=1S/C24H17Cl2F3N2O/c1-15-5-7-16(8-6-15)17-9-11-19(12-10-17)32-14-18-13-22(24(27,28)29)30-31(18)23-20(25)3-2-4-21(23)26/h2-13H,14H2,1H3. The third kappa shape index (κ3) is 4.76. The van der Waals surface area contributed by atoms with Crippen molar-refractivity contribution in [3.05, 3.63) is 99.8 Å². The van der Waals surface area contributed by atoms with Crippen LogP contribution in [0.5, 0.6) is 5.75 Å². The zero-order chi connectivity index (χ0) is 22.9. The molecule has 3 nitrogen and oxygen atoms in total. The zero-order valence-electron chi connectivity index (χ0n) is 16.8. The topological polar surface area (TPSA) is 27.1 Å². The van der Waals surface area contributed by atoms with Crippen LogP contribution in [0.25, 0.3) is 16.8 Å². The molecule has 0 fully saturated rings. The molecule has 32 heavy (non-hydrogen) atoms. The third-order valence-corrected chi connectivity index (χ3v) is 5.46. The molecule has 1 aromatic heterocycles. The summed E-state index contributed by atoms with van der Waals surface area (Å²) in [5.41, 5.74) is 2.51. The number of aromatic nitrogens is 2. The summed E-state index contributed by atoms with van der Waals surface area (Å²) in [6.45, 7) is 1.86. The molecule has 0 unspecified atom stereocenters. The largest absolute Gasteiger partial charge is 0.487 e. The Morgan fingerprint density at radius 1 is 0.875 bits per heavy atom. The number of halogens is 5. The summed E-state index contributed by atoms with van der Waals surface area (Å²) in [5, 5.41) is 4.05. The van der Waals surface area contributed by atoms with E-state index in [1.54, 1.807) is 18.2 Å². The predicted octanol–water partition coefficient (Wildman–Crippen LogP) is 7.75. The number of rotatable bonds is 5. The fraction of sp³-hybridized carbons (Fsp3) is 0.125. The number of aryl methyl sites for hydroxylation is 1. The Bertz CT molecular complexity index is 1210. The molecule has 164 valence electrons. The van der Waals surface area contributed by atoms with Crippen molar-refractivity contribution in [2.75, 3.05) is 0 Å². The first-order chi connectivity index (χ1) is 15.2. The first-order valence-corrected chi connectivity index (χ1v) is 10.4. The molecular weight excluding hydrogens is 460 g/mol. The predicted molar refractivity (Wildman–Crippen MR) is 120 cm³/mol. The number of benzene rings is 3. The maximum absolute atomic E-state index is 13.3. The Kier molecular flexibility index (Phi) is 6.17. The van der Waals surface area contributed by atoms with Crippen molar-refractivity contribution in [1.29, 1.82) is 0 Å². The van der Waals surface area contributed by atoms with Gasteiger partial charge in [0.1, 0.15) is 18.0 Å². The van der Waals surface area contributed by atoms with E-state index in [9.17, 15) is 13.2 Å². The fourth-order valence-electron chi connectivity index (χ4n) is 3.19. The summed E-state index contributed by atoms with van der Waals surface area (Å²) >= 11 is 12.4. The Morgan fingerprint density at radius 3 is 2.00 bits per heavy atom. The lowest BCUT2D eigenvalue weighted by molar-refractivity contribution is -0.141. The summed E-state index contributed by atoms with van der Waals surface area (Å²) in [6.07, 6.45) is -4.62. The van der Waals surface area contributed by atoms with Crippen molar-refractivity contribution in [3.63, 3.8) is 0 Å². The second kappa shape index (κ2) is 8.88. The Balaban J connectivity index is 1.60. The van der Waals surface area contributed by atoms with E-state index in [4.69, 9.17) is 27.9 Å². The molecule has 0 spiro atoms. The first kappa shape index (κ1) is 22.2. The smallest absolute Gasteiger partial charge is 0.435 e. The maximum atomic E-state index is 13.3. The van der Waals surface area contributed by atoms with Gasteiger partial charge in [-0.05, 0) is 48.4 Å². The second-order valence-corrected chi connectivity index (χ2v) is 7.99. The fourth-order valence-corrected chi connectivity index (χ4v) is 3.75. The molecule has 4 rings (SSSR count). The molecule has 0 saturated carbocycles. The van der Waals surface area contributed by atoms with Crippen molar-refractivity contribution in [2.24, 2.45) is 0 Å². The zero-order valence-corrected chi connectivity index (χ0v) is 18.3. The van der Waals surface area contributed by atoms with Crippen LogP contribution in [0.4, 0.5) is 13.2 Å². The highest BCUT2D eigenvalue weighted by Gasteiger charge is 2.35. The van der Waals surface area contributed by atoms with Crippen LogP contribution in [-0.2, 0) is 12.8 Å². The number of hydrogen-bond donors (Lipinski definition) is 0. The quantitative estimate of drug-likeness (QED) is 0.294. The number of para-hydroxylation sites is 1. The van der Waals surface area contributed by atoms with Crippen molar-refractivity contribution in [2.45, 2.75) is 19.7 Å². The van der Waals surface area contributed by atoms with Gasteiger partial charge in [0.05, 0.1) is 15.7 Å². The van der Waals surface area contributed by atoms with Gasteiger partial charge in [0.25, 0.3) is 0 Å². The Morgan fingerprint density at radius 2 is 1.44 bits per heavy atom. The molecular formula is C24H17Cl2F3N2O. The molecule has 0 N–H and O–H groups in total. The third-order valence-electron chi connectivity index (χ3n) is 4.85. The summed E-state index contributed by atoms with van der Waals surface area (Å²) in [6, 6.07) is 21.0. The maximum Gasteiger partial charge on any atom is 0.435 e. The van der Waals surface area contributed by atoms with Gasteiger partial charge in [-0.2, -0.15) is 18.3 Å². The monoisotopic (exact) mass is 476 g/mol. The van der Waals surface area contributed by atoms with E-state index in [2.05, 4.69) is 5.10 Å². The molecule has 3 aromatic carbocycles. The normalized spacial score (nSPS) is 11.6. The van der Waals surface area contributed by atoms with E-state index in [0.717, 1.165) is 21.9 Å². The van der Waals surface area contributed by atoms with Gasteiger partial charge in [0.15, 0.2) is 5.69 Å². The van der Waals surface area contributed by atoms with Crippen molar-refractivity contribution < 1.29 is 17.9 Å². The molecule has 0 saturated heterocycles. The molecule has 0 aliphatic rings. The van der Waals surface area contributed by atoms with E-state index in [1.807, 2.05) is 43.3 Å². The average molecular weight is 477 g/mol. The average Bonchev–Trinajstić information content (AvgIpc) is 3.17. The van der Waals surface area contributed by atoms with Crippen LogP contribution < -0.4 is 4.74 Å². The van der Waals surface area contributed by atoms with Crippen molar-refractivity contribution in [1.82, 2.24) is 9.78 Å². The second-order valence-electron chi connectivity index (χ2n) is 7.18. The van der Waals surface area contributed by atoms with Gasteiger partial charge >= 0.3 is 6.18 Å². The van der Waals surface area contributed by atoms with E-state index in [-0.39, 0.29) is 28.0 Å². The van der Waals surface area contributed by atoms with E-state index >= 15 is 0 Å². The summed E-state index contributed by atoms with van der Waals surface area (Å²) in [5.74, 6) is 0.507. The SMILES string of the molecule is Cc1ccc(-c2ccc(OCc3cc(C(F)(F)F)nn3-c3c(Cl)cccc3Cl)cc2)cc1. The summed E-state index contributed by atoms with van der Waals surface area (Å²) < 4.78 is 46.8. The lowest BCUT2D eigenvalue weighted by Crippen LogP contribution is -2.09. The Labute approximate surface area is 193 Å². The molecule has 0 atom stereocenters. The molecule has 8 heteroatoms. The van der Waals surface area contributed by atoms with Gasteiger partial charge in [0.2, 0.25) is 0 Å². The lowest BCUT2D eigenvalue weighted by Gasteiger charge is -2.12. The highest BCUT2D eigenvalue weighted by Crippen LogP contribution is 2.34. The lowest BCUT2D eigenvalue weighted by atomic mass is 10.0. The van der Waals surface area contributed by atoms with Crippen LogP contribution in [0.2, 0.25) is 10.0 Å². The van der Waals surface area contributed by atoms with Crippen LogP contribution >= 0.6 is 23.2 Å². The van der Waals surface area contributed by atoms with E-state index in [1.165, 1.54) is 17.7 Å². The number of alkyl halides is 3. The molecule has 0 aliphatic heterocycles. The van der Waals surface area contributed by atoms with Crippen LogP contribution in [-0.4, -0.2) is 9.78 Å². The summed E-state index contributed by atoms with van der Waals surface area (Å²) in [7, 11) is 0. The van der Waals surface area contributed by atoms with Crippen LogP contribution in [0, 0.1) is 6.92 Å². The summed E-state index contributed by atoms with van der Waals surface area (Å²) in [4.78, 5) is 0. The van der Waals surface area contributed by atoms with E-state index < -0.39 is 11.9 Å². The molecule has 0 bridgehead atoms. The minimum atomic E-state index is -4.62. The highest BCUT2D eigenvalue weighted by molar-refractivity contribution is 6.37. The van der Waals surface area contributed by atoms with Crippen molar-refractivity contribution >= 4 is 23.2 Å². The van der Waals surface area contributed by atoms with Gasteiger partial charge in [0, 0.05) is 0 Å². The van der Waals surface area contributed by atoms with Gasteiger partial charge < -0.3 is 4.74 Å². The van der Waals surface area contributed by atoms with Crippen LogP contribution in [0.1, 0.15) is 17.0 Å². The minimum Gasteiger partial charge on any atom is -0.487 e. The van der Waals surface area contributed by atoms with E-state index in [0.29, 0.717) is 5.75 Å². The van der Waals surface area contributed by atoms with Gasteiger partial charge in [-0.3, -0.25) is 0 Å². The molecule has 0 radical (unpaired) electrons. The molecule has 0 aliphatic carbocycles. The van der Waals surface area contributed by atoms with Gasteiger partial charge in [-0.1, -0.05) is 71.2 Å². The highest BCUT2D eigenvalue weighted by atomic mass is 35.5. The van der Waals surface area contributed by atoms with Gasteiger partial charge in [-0.25, -0.2) is 4.68 Å². The van der Waals surface area contributed by atoms with Crippen LogP contribution in [0.15, 0.2) is 72.8 Å².